The summed E-state index contributed by atoms with van der Waals surface area (Å²) in [5.41, 5.74) is 0.795. The van der Waals surface area contributed by atoms with Crippen molar-refractivity contribution in [1.82, 2.24) is 4.72 Å². The van der Waals surface area contributed by atoms with Crippen LogP contribution in [-0.4, -0.2) is 37.2 Å². The molecule has 5 nitrogen and oxygen atoms in total. The van der Waals surface area contributed by atoms with Gasteiger partial charge in [0.05, 0.1) is 11.4 Å². The Morgan fingerprint density at radius 3 is 2.57 bits per heavy atom. The van der Waals surface area contributed by atoms with Crippen molar-refractivity contribution >= 4 is 19.8 Å². The van der Waals surface area contributed by atoms with Crippen molar-refractivity contribution < 1.29 is 12.6 Å². The maximum absolute atomic E-state index is 12.3. The molecule has 1 aromatic rings. The summed E-state index contributed by atoms with van der Waals surface area (Å²) in [5.74, 6) is 1.30. The summed E-state index contributed by atoms with van der Waals surface area (Å²) >= 11 is 0. The first-order chi connectivity index (χ1) is 9.97. The highest BCUT2D eigenvalue weighted by atomic mass is 32.2. The van der Waals surface area contributed by atoms with E-state index in [2.05, 4.69) is 9.08 Å². The predicted octanol–water partition coefficient (Wildman–Crippen LogP) is 1.79. The molecule has 118 valence electrons. The number of aryl methyl sites for hydroxylation is 1. The molecule has 1 aliphatic rings. The van der Waals surface area contributed by atoms with E-state index in [1.165, 1.54) is 0 Å². The lowest BCUT2D eigenvalue weighted by Crippen LogP contribution is -2.27. The highest BCUT2D eigenvalue weighted by Gasteiger charge is 2.18. The van der Waals surface area contributed by atoms with E-state index < -0.39 is 19.8 Å². The molecule has 1 saturated heterocycles. The number of hydrogen-bond donors (Lipinski definition) is 1. The van der Waals surface area contributed by atoms with Gasteiger partial charge < -0.3 is 0 Å². The second-order valence-electron chi connectivity index (χ2n) is 5.10. The zero-order chi connectivity index (χ0) is 15.3. The normalized spacial score (nSPS) is 17.8. The van der Waals surface area contributed by atoms with Crippen molar-refractivity contribution in [2.45, 2.75) is 31.1 Å². The molecule has 2 rings (SSSR count). The van der Waals surface area contributed by atoms with E-state index in [1.54, 1.807) is 12.1 Å². The topological polar surface area (TPSA) is 75.6 Å². The number of sulfonamides is 1. The minimum atomic E-state index is -3.52. The smallest absolute Gasteiger partial charge is 0.240 e. The van der Waals surface area contributed by atoms with Crippen LogP contribution in [0.25, 0.3) is 0 Å². The average molecular weight is 330 g/mol. The van der Waals surface area contributed by atoms with Gasteiger partial charge in [-0.1, -0.05) is 25.1 Å². The van der Waals surface area contributed by atoms with Gasteiger partial charge in [-0.15, -0.1) is 0 Å². The molecule has 0 bridgehead atoms. The van der Waals surface area contributed by atoms with E-state index in [0.29, 0.717) is 22.8 Å². The highest BCUT2D eigenvalue weighted by Crippen LogP contribution is 2.16. The van der Waals surface area contributed by atoms with Gasteiger partial charge in [0.2, 0.25) is 10.0 Å². The third-order valence-corrected chi connectivity index (χ3v) is 7.62. The highest BCUT2D eigenvalue weighted by molar-refractivity contribution is 7.93. The monoisotopic (exact) mass is 330 g/mol. The standard InChI is InChI=1S/C14H22N2O3S2/c1-2-13-7-3-4-8-14(13)21(18,19)16-10-9-15-20(17)11-5-6-12-20/h3-4,7-8,16H,2,5-6,9-12H2,1H3. The van der Waals surface area contributed by atoms with Crippen molar-refractivity contribution in [1.29, 1.82) is 0 Å². The minimum absolute atomic E-state index is 0.192. The summed E-state index contributed by atoms with van der Waals surface area (Å²) in [5, 5.41) is 0. The van der Waals surface area contributed by atoms with Crippen molar-refractivity contribution in [3.63, 3.8) is 0 Å². The molecule has 1 aliphatic heterocycles. The number of rotatable bonds is 6. The number of hydrogen-bond acceptors (Lipinski definition) is 4. The van der Waals surface area contributed by atoms with Crippen molar-refractivity contribution in [2.24, 2.45) is 4.36 Å². The summed E-state index contributed by atoms with van der Waals surface area (Å²) in [6.45, 7) is 2.39. The fraction of sp³-hybridized carbons (Fsp3) is 0.571. The van der Waals surface area contributed by atoms with Crippen LogP contribution in [0.15, 0.2) is 33.5 Å². The molecule has 1 N–H and O–H groups in total. The molecular formula is C14H22N2O3S2. The molecule has 0 atom stereocenters. The molecule has 0 unspecified atom stereocenters. The first kappa shape index (κ1) is 16.5. The summed E-state index contributed by atoms with van der Waals surface area (Å²) in [7, 11) is -5.58. The molecule has 0 spiro atoms. The van der Waals surface area contributed by atoms with Gasteiger partial charge in [-0.3, -0.25) is 0 Å². The second-order valence-corrected chi connectivity index (χ2v) is 9.45. The van der Waals surface area contributed by atoms with Gasteiger partial charge in [0.15, 0.2) is 0 Å². The Balaban J connectivity index is 2.00. The van der Waals surface area contributed by atoms with E-state index in [9.17, 15) is 12.6 Å². The van der Waals surface area contributed by atoms with E-state index in [1.807, 2.05) is 19.1 Å². The first-order valence-electron chi connectivity index (χ1n) is 7.23. The van der Waals surface area contributed by atoms with Crippen LogP contribution < -0.4 is 4.72 Å². The van der Waals surface area contributed by atoms with Gasteiger partial charge in [-0.25, -0.2) is 21.7 Å². The maximum Gasteiger partial charge on any atom is 0.240 e. The molecule has 1 fully saturated rings. The lowest BCUT2D eigenvalue weighted by Gasteiger charge is -2.09. The third-order valence-electron chi connectivity index (χ3n) is 3.55. The van der Waals surface area contributed by atoms with Crippen LogP contribution in [0.5, 0.6) is 0 Å². The lowest BCUT2D eigenvalue weighted by atomic mass is 10.2. The molecular weight excluding hydrogens is 308 g/mol. The Kier molecular flexibility index (Phi) is 5.40. The number of nitrogens with one attached hydrogen (secondary N) is 1. The van der Waals surface area contributed by atoms with Crippen LogP contribution >= 0.6 is 0 Å². The van der Waals surface area contributed by atoms with Crippen LogP contribution in [0.4, 0.5) is 0 Å². The Morgan fingerprint density at radius 1 is 1.24 bits per heavy atom. The molecule has 0 amide bonds. The zero-order valence-corrected chi connectivity index (χ0v) is 13.9. The summed E-state index contributed by atoms with van der Waals surface area (Å²) in [6.07, 6.45) is 2.57. The van der Waals surface area contributed by atoms with Crippen LogP contribution in [0, 0.1) is 0 Å². The zero-order valence-electron chi connectivity index (χ0n) is 12.2. The van der Waals surface area contributed by atoms with Crippen LogP contribution in [0.3, 0.4) is 0 Å². The number of benzene rings is 1. The molecule has 1 aromatic carbocycles. The summed E-state index contributed by atoms with van der Waals surface area (Å²) in [6, 6.07) is 6.97. The van der Waals surface area contributed by atoms with Crippen LogP contribution in [0.1, 0.15) is 25.3 Å². The van der Waals surface area contributed by atoms with Crippen LogP contribution in [0.2, 0.25) is 0 Å². The second kappa shape index (κ2) is 6.89. The largest absolute Gasteiger partial charge is 0.250 e. The average Bonchev–Trinajstić information content (AvgIpc) is 2.91. The molecule has 7 heteroatoms. The summed E-state index contributed by atoms with van der Waals surface area (Å²) in [4.78, 5) is 0.317. The van der Waals surface area contributed by atoms with Crippen molar-refractivity contribution in [3.8, 4) is 0 Å². The van der Waals surface area contributed by atoms with Gasteiger partial charge in [0.25, 0.3) is 0 Å². The van der Waals surface area contributed by atoms with Gasteiger partial charge in [-0.2, -0.15) is 0 Å². The molecule has 0 radical (unpaired) electrons. The molecule has 0 aromatic heterocycles. The molecule has 1 heterocycles. The summed E-state index contributed by atoms with van der Waals surface area (Å²) < 4.78 is 43.4. The Labute approximate surface area is 127 Å². The predicted molar refractivity (Wildman–Crippen MR) is 85.4 cm³/mol. The van der Waals surface area contributed by atoms with Crippen molar-refractivity contribution in [2.75, 3.05) is 24.6 Å². The van der Waals surface area contributed by atoms with Crippen molar-refractivity contribution in [3.05, 3.63) is 29.8 Å². The lowest BCUT2D eigenvalue weighted by molar-refractivity contribution is 0.581. The Morgan fingerprint density at radius 2 is 1.90 bits per heavy atom. The van der Waals surface area contributed by atoms with E-state index in [-0.39, 0.29) is 13.1 Å². The van der Waals surface area contributed by atoms with Crippen LogP contribution in [-0.2, 0) is 26.2 Å². The van der Waals surface area contributed by atoms with E-state index in [4.69, 9.17) is 0 Å². The Bertz CT molecular complexity index is 693. The number of nitrogens with zero attached hydrogens (tertiary/aromatic N) is 1. The minimum Gasteiger partial charge on any atom is -0.250 e. The quantitative estimate of drug-likeness (QED) is 0.808. The fourth-order valence-electron chi connectivity index (χ4n) is 2.41. The molecule has 0 aliphatic carbocycles. The van der Waals surface area contributed by atoms with E-state index >= 15 is 0 Å². The van der Waals surface area contributed by atoms with Gasteiger partial charge >= 0.3 is 0 Å². The molecule has 21 heavy (non-hydrogen) atoms. The first-order valence-corrected chi connectivity index (χ1v) is 10.6. The molecule has 0 saturated carbocycles. The Hall–Kier alpha value is -0.920. The van der Waals surface area contributed by atoms with Gasteiger partial charge in [-0.05, 0) is 30.9 Å². The van der Waals surface area contributed by atoms with Gasteiger partial charge in [0, 0.05) is 27.8 Å². The third kappa shape index (κ3) is 4.28. The SMILES string of the molecule is CCc1ccccc1S(=O)(=O)NCCN=S1(=O)CCCC1. The van der Waals surface area contributed by atoms with Gasteiger partial charge in [0.1, 0.15) is 0 Å². The van der Waals surface area contributed by atoms with E-state index in [0.717, 1.165) is 18.4 Å². The maximum atomic E-state index is 12.3. The fourth-order valence-corrected chi connectivity index (χ4v) is 5.94.